The van der Waals surface area contributed by atoms with Gasteiger partial charge in [-0.25, -0.2) is 0 Å². The van der Waals surface area contributed by atoms with E-state index in [0.29, 0.717) is 0 Å². The summed E-state index contributed by atoms with van der Waals surface area (Å²) in [5.74, 6) is 0. The molecule has 0 amide bonds. The highest BCUT2D eigenvalue weighted by Gasteiger charge is 2.05. The molecule has 0 saturated carbocycles. The third-order valence-electron chi connectivity index (χ3n) is 2.16. The second-order valence-electron chi connectivity index (χ2n) is 3.37. The van der Waals surface area contributed by atoms with Gasteiger partial charge in [0.15, 0.2) is 0 Å². The Hall–Kier alpha value is -0.0431. The van der Waals surface area contributed by atoms with Gasteiger partial charge in [-0.1, -0.05) is 37.7 Å². The van der Waals surface area contributed by atoms with Crippen LogP contribution in [0.25, 0.3) is 0 Å². The van der Waals surface area contributed by atoms with Crippen molar-refractivity contribution in [2.45, 2.75) is 45.3 Å². The summed E-state index contributed by atoms with van der Waals surface area (Å²) in [6.45, 7) is 9.35. The van der Waals surface area contributed by atoms with E-state index in [2.05, 4.69) is 39.1 Å². The van der Waals surface area contributed by atoms with Crippen LogP contribution in [0.5, 0.6) is 0 Å². The summed E-state index contributed by atoms with van der Waals surface area (Å²) in [7, 11) is -0.341. The van der Waals surface area contributed by atoms with Crippen molar-refractivity contribution in [1.29, 1.82) is 0 Å². The molecule has 1 atom stereocenters. The molecule has 0 spiro atoms. The molecule has 0 radical (unpaired) electrons. The van der Waals surface area contributed by atoms with Crippen LogP contribution in [0.1, 0.15) is 26.7 Å². The van der Waals surface area contributed by atoms with Crippen LogP contribution in [0.15, 0.2) is 12.2 Å². The highest BCUT2D eigenvalue weighted by atomic mass is 28.3. The first-order valence-corrected chi connectivity index (χ1v) is 7.27. The molecule has 0 fully saturated rings. The molecule has 10 heavy (non-hydrogen) atoms. The third kappa shape index (κ3) is 4.80. The summed E-state index contributed by atoms with van der Waals surface area (Å²) in [4.78, 5) is 0. The Kier molecular flexibility index (Phi) is 5.70. The van der Waals surface area contributed by atoms with E-state index in [4.69, 9.17) is 0 Å². The first-order valence-electron chi connectivity index (χ1n) is 4.29. The standard InChI is InChI=1S/C9H20Si/c1-5-6-7-8-9(2)10(3)4/h5-6,9-10H,7-8H2,1-4H3. The Bertz CT molecular complexity index is 94.9. The van der Waals surface area contributed by atoms with Crippen molar-refractivity contribution >= 4 is 8.80 Å². The Morgan fingerprint density at radius 3 is 2.40 bits per heavy atom. The normalized spacial score (nSPS) is 14.9. The minimum Gasteiger partial charge on any atom is -0.0917 e. The first-order chi connectivity index (χ1) is 4.68. The topological polar surface area (TPSA) is 0 Å². The fraction of sp³-hybridized carbons (Fsp3) is 0.778. The minimum atomic E-state index is -0.341. The molecular formula is C9H20Si. The van der Waals surface area contributed by atoms with E-state index in [0.717, 1.165) is 5.54 Å². The molecule has 0 heterocycles. The lowest BCUT2D eigenvalue weighted by atomic mass is 10.2. The maximum Gasteiger partial charge on any atom is 0.0334 e. The lowest BCUT2D eigenvalue weighted by molar-refractivity contribution is 0.794. The van der Waals surface area contributed by atoms with Crippen molar-refractivity contribution in [2.24, 2.45) is 0 Å². The van der Waals surface area contributed by atoms with Gasteiger partial charge in [0.1, 0.15) is 0 Å². The van der Waals surface area contributed by atoms with E-state index in [1.165, 1.54) is 12.8 Å². The SMILES string of the molecule is CC=CCCC(C)[SiH](C)C. The van der Waals surface area contributed by atoms with Gasteiger partial charge in [0, 0.05) is 8.80 Å². The molecule has 0 nitrogen and oxygen atoms in total. The molecule has 1 heteroatoms. The molecule has 0 aromatic heterocycles. The quantitative estimate of drug-likeness (QED) is 0.433. The molecule has 60 valence electrons. The number of hydrogen-bond acceptors (Lipinski definition) is 0. The van der Waals surface area contributed by atoms with Gasteiger partial charge >= 0.3 is 0 Å². The fourth-order valence-corrected chi connectivity index (χ4v) is 1.72. The smallest absolute Gasteiger partial charge is 0.0334 e. The van der Waals surface area contributed by atoms with Gasteiger partial charge in [-0.05, 0) is 19.8 Å². The molecule has 0 aromatic carbocycles. The molecule has 0 aliphatic carbocycles. The third-order valence-corrected chi connectivity index (χ3v) is 4.77. The molecule has 0 bridgehead atoms. The largest absolute Gasteiger partial charge is 0.0917 e. The van der Waals surface area contributed by atoms with Crippen molar-refractivity contribution in [1.82, 2.24) is 0 Å². The van der Waals surface area contributed by atoms with E-state index in [9.17, 15) is 0 Å². The van der Waals surface area contributed by atoms with Gasteiger partial charge in [0.25, 0.3) is 0 Å². The highest BCUT2D eigenvalue weighted by molar-refractivity contribution is 6.57. The maximum absolute atomic E-state index is 2.43. The Balaban J connectivity index is 3.30. The summed E-state index contributed by atoms with van der Waals surface area (Å²) in [5, 5.41) is 0. The van der Waals surface area contributed by atoms with Crippen LogP contribution in [-0.4, -0.2) is 8.80 Å². The van der Waals surface area contributed by atoms with Gasteiger partial charge in [-0.3, -0.25) is 0 Å². The van der Waals surface area contributed by atoms with Gasteiger partial charge in [-0.2, -0.15) is 0 Å². The van der Waals surface area contributed by atoms with Crippen LogP contribution >= 0.6 is 0 Å². The maximum atomic E-state index is 2.43. The summed E-state index contributed by atoms with van der Waals surface area (Å²) in [5.41, 5.74) is 1.01. The Morgan fingerprint density at radius 1 is 1.40 bits per heavy atom. The molecule has 1 unspecified atom stereocenters. The van der Waals surface area contributed by atoms with Crippen LogP contribution in [0.3, 0.4) is 0 Å². The van der Waals surface area contributed by atoms with Crippen LogP contribution in [0.2, 0.25) is 18.6 Å². The van der Waals surface area contributed by atoms with Crippen LogP contribution in [0.4, 0.5) is 0 Å². The van der Waals surface area contributed by atoms with Crippen LogP contribution in [0, 0.1) is 0 Å². The van der Waals surface area contributed by atoms with E-state index in [1.54, 1.807) is 0 Å². The van der Waals surface area contributed by atoms with Gasteiger partial charge in [-0.15, -0.1) is 0 Å². The summed E-state index contributed by atoms with van der Waals surface area (Å²) in [6, 6.07) is 0. The summed E-state index contributed by atoms with van der Waals surface area (Å²) >= 11 is 0. The molecule has 0 rings (SSSR count). The number of rotatable bonds is 4. The zero-order valence-electron chi connectivity index (χ0n) is 7.72. The Morgan fingerprint density at radius 2 is 2.00 bits per heavy atom. The van der Waals surface area contributed by atoms with E-state index in [1.807, 2.05) is 0 Å². The van der Waals surface area contributed by atoms with Crippen LogP contribution < -0.4 is 0 Å². The zero-order valence-corrected chi connectivity index (χ0v) is 8.88. The number of allylic oxidation sites excluding steroid dienone is 2. The second kappa shape index (κ2) is 5.72. The lowest BCUT2D eigenvalue weighted by Crippen LogP contribution is -2.07. The predicted octanol–water partition coefficient (Wildman–Crippen LogP) is 3.22. The lowest BCUT2D eigenvalue weighted by Gasteiger charge is -2.11. The van der Waals surface area contributed by atoms with Gasteiger partial charge in [0.2, 0.25) is 0 Å². The first kappa shape index (κ1) is 9.96. The van der Waals surface area contributed by atoms with Crippen molar-refractivity contribution in [3.8, 4) is 0 Å². The van der Waals surface area contributed by atoms with Crippen molar-refractivity contribution in [3.63, 3.8) is 0 Å². The van der Waals surface area contributed by atoms with E-state index < -0.39 is 0 Å². The minimum absolute atomic E-state index is 0.341. The van der Waals surface area contributed by atoms with E-state index in [-0.39, 0.29) is 8.80 Å². The Labute approximate surface area is 66.9 Å². The number of hydrogen-bond donors (Lipinski definition) is 0. The van der Waals surface area contributed by atoms with Crippen molar-refractivity contribution < 1.29 is 0 Å². The average molecular weight is 156 g/mol. The fourth-order valence-electron chi connectivity index (χ4n) is 0.859. The monoisotopic (exact) mass is 156 g/mol. The zero-order chi connectivity index (χ0) is 7.98. The van der Waals surface area contributed by atoms with E-state index >= 15 is 0 Å². The molecule has 0 aliphatic heterocycles. The molecule has 0 N–H and O–H groups in total. The van der Waals surface area contributed by atoms with Crippen LogP contribution in [-0.2, 0) is 0 Å². The van der Waals surface area contributed by atoms with Crippen molar-refractivity contribution in [3.05, 3.63) is 12.2 Å². The van der Waals surface area contributed by atoms with Gasteiger partial charge in [0.05, 0.1) is 0 Å². The second-order valence-corrected chi connectivity index (χ2v) is 6.99. The van der Waals surface area contributed by atoms with Crippen molar-refractivity contribution in [2.75, 3.05) is 0 Å². The summed E-state index contributed by atoms with van der Waals surface area (Å²) < 4.78 is 0. The molecular weight excluding hydrogens is 136 g/mol. The predicted molar refractivity (Wildman–Crippen MR) is 52.3 cm³/mol. The molecule has 0 aromatic rings. The van der Waals surface area contributed by atoms with Gasteiger partial charge < -0.3 is 0 Å². The molecule has 0 aliphatic rings. The highest BCUT2D eigenvalue weighted by Crippen LogP contribution is 2.16. The average Bonchev–Trinajstić information content (AvgIpc) is 1.88. The molecule has 0 saturated heterocycles. The summed E-state index contributed by atoms with van der Waals surface area (Å²) in [6.07, 6.45) is 7.10.